The summed E-state index contributed by atoms with van der Waals surface area (Å²) in [5, 5.41) is 6.86. The lowest BCUT2D eigenvalue weighted by Gasteiger charge is -2.10. The Balaban J connectivity index is 1.37. The summed E-state index contributed by atoms with van der Waals surface area (Å²) in [6.45, 7) is 0.358. The van der Waals surface area contributed by atoms with E-state index in [4.69, 9.17) is 4.74 Å². The number of halogens is 4. The Labute approximate surface area is 191 Å². The molecule has 2 heterocycles. The van der Waals surface area contributed by atoms with Crippen LogP contribution in [0, 0.1) is 5.82 Å². The van der Waals surface area contributed by atoms with Crippen LogP contribution >= 0.6 is 0 Å². The molecule has 0 saturated carbocycles. The van der Waals surface area contributed by atoms with Gasteiger partial charge in [-0.3, -0.25) is 14.5 Å². The number of carbonyl (C=O) groups excluding carboxylic acids is 1. The Kier molecular flexibility index (Phi) is 6.58. The van der Waals surface area contributed by atoms with Gasteiger partial charge < -0.3 is 10.1 Å². The average Bonchev–Trinajstić information content (AvgIpc) is 3.25. The number of nitrogens with zero attached hydrogens (tertiary/aromatic N) is 3. The molecule has 10 heteroatoms. The summed E-state index contributed by atoms with van der Waals surface area (Å²) < 4.78 is 58.6. The lowest BCUT2D eigenvalue weighted by molar-refractivity contribution is -0.137. The maximum absolute atomic E-state index is 13.0. The Morgan fingerprint density at radius 1 is 1.03 bits per heavy atom. The molecule has 6 nitrogen and oxygen atoms in total. The molecule has 0 saturated heterocycles. The molecule has 4 aromatic rings. The predicted molar refractivity (Wildman–Crippen MR) is 116 cm³/mol. The van der Waals surface area contributed by atoms with Gasteiger partial charge in [-0.25, -0.2) is 4.39 Å². The molecule has 0 fully saturated rings. The number of aromatic nitrogens is 3. The Morgan fingerprint density at radius 2 is 1.82 bits per heavy atom. The topological polar surface area (TPSA) is 69.0 Å². The van der Waals surface area contributed by atoms with Crippen LogP contribution in [0.5, 0.6) is 5.75 Å². The summed E-state index contributed by atoms with van der Waals surface area (Å²) in [6.07, 6.45) is 0.0513. The van der Waals surface area contributed by atoms with Gasteiger partial charge >= 0.3 is 6.18 Å². The van der Waals surface area contributed by atoms with Crippen molar-refractivity contribution >= 4 is 11.6 Å². The molecule has 4 rings (SSSR count). The maximum atomic E-state index is 13.0. The number of rotatable bonds is 7. The minimum Gasteiger partial charge on any atom is -0.489 e. The number of amides is 1. The lowest BCUT2D eigenvalue weighted by Crippen LogP contribution is -2.14. The molecule has 0 spiro atoms. The quantitative estimate of drug-likeness (QED) is 0.372. The largest absolute Gasteiger partial charge is 0.489 e. The number of carbonyl (C=O) groups is 1. The number of hydrogen-bond donors (Lipinski definition) is 1. The van der Waals surface area contributed by atoms with Crippen LogP contribution in [0.3, 0.4) is 0 Å². The third kappa shape index (κ3) is 5.97. The second-order valence-corrected chi connectivity index (χ2v) is 7.37. The molecule has 0 bridgehead atoms. The van der Waals surface area contributed by atoms with E-state index in [1.54, 1.807) is 29.1 Å². The van der Waals surface area contributed by atoms with E-state index >= 15 is 0 Å². The van der Waals surface area contributed by atoms with Crippen LogP contribution in [0.4, 0.5) is 23.2 Å². The molecule has 0 aliphatic rings. The first kappa shape index (κ1) is 23.0. The Hall–Kier alpha value is -4.21. The number of pyridine rings is 1. The van der Waals surface area contributed by atoms with Crippen LogP contribution in [-0.4, -0.2) is 20.7 Å². The van der Waals surface area contributed by atoms with E-state index in [0.29, 0.717) is 17.8 Å². The zero-order valence-corrected chi connectivity index (χ0v) is 17.6. The Morgan fingerprint density at radius 3 is 2.59 bits per heavy atom. The van der Waals surface area contributed by atoms with Crippen molar-refractivity contribution in [1.82, 2.24) is 14.8 Å². The SMILES string of the molecule is O=C(Nc1cnn(Cc2ccc(F)cc2)c1)c1cc(COc2cccc(C(F)(F)F)c2)ccn1. The molecule has 2 aromatic carbocycles. The standard InChI is InChI=1S/C24H18F4N4O2/c25-19-6-4-16(5-7-19)13-32-14-20(12-30-32)31-23(33)22-10-17(8-9-29-22)15-34-21-3-1-2-18(11-21)24(26,27)28/h1-12,14H,13,15H2,(H,31,33). The molecular weight excluding hydrogens is 452 g/mol. The average molecular weight is 470 g/mol. The van der Waals surface area contributed by atoms with Crippen molar-refractivity contribution in [3.8, 4) is 5.75 Å². The summed E-state index contributed by atoms with van der Waals surface area (Å²) in [4.78, 5) is 16.6. The summed E-state index contributed by atoms with van der Waals surface area (Å²) in [6, 6.07) is 13.7. The first-order chi connectivity index (χ1) is 16.3. The lowest BCUT2D eigenvalue weighted by atomic mass is 10.2. The zero-order valence-electron chi connectivity index (χ0n) is 17.6. The first-order valence-electron chi connectivity index (χ1n) is 10.1. The van der Waals surface area contributed by atoms with E-state index in [1.165, 1.54) is 42.7 Å². The van der Waals surface area contributed by atoms with Gasteiger partial charge in [-0.05, 0) is 53.6 Å². The van der Waals surface area contributed by atoms with Crippen molar-refractivity contribution < 1.29 is 27.1 Å². The molecule has 0 atom stereocenters. The van der Waals surface area contributed by atoms with Gasteiger partial charge in [0.15, 0.2) is 0 Å². The number of hydrogen-bond acceptors (Lipinski definition) is 4. The van der Waals surface area contributed by atoms with Crippen molar-refractivity contribution in [2.24, 2.45) is 0 Å². The van der Waals surface area contributed by atoms with Gasteiger partial charge in [-0.2, -0.15) is 18.3 Å². The van der Waals surface area contributed by atoms with E-state index in [2.05, 4.69) is 15.4 Å². The molecule has 2 aromatic heterocycles. The molecule has 0 aliphatic carbocycles. The van der Waals surface area contributed by atoms with Gasteiger partial charge in [-0.1, -0.05) is 18.2 Å². The fourth-order valence-electron chi connectivity index (χ4n) is 3.10. The third-order valence-corrected chi connectivity index (χ3v) is 4.77. The van der Waals surface area contributed by atoms with E-state index in [9.17, 15) is 22.4 Å². The highest BCUT2D eigenvalue weighted by Crippen LogP contribution is 2.31. The Bertz CT molecular complexity index is 1290. The number of anilines is 1. The molecule has 0 radical (unpaired) electrons. The number of benzene rings is 2. The van der Waals surface area contributed by atoms with Crippen LogP contribution in [0.1, 0.15) is 27.2 Å². The monoisotopic (exact) mass is 470 g/mol. The smallest absolute Gasteiger partial charge is 0.416 e. The van der Waals surface area contributed by atoms with Crippen molar-refractivity contribution in [3.05, 3.63) is 107 Å². The number of alkyl halides is 3. The summed E-state index contributed by atoms with van der Waals surface area (Å²) in [5.74, 6) is -0.749. The van der Waals surface area contributed by atoms with Crippen LogP contribution in [0.2, 0.25) is 0 Å². The zero-order chi connectivity index (χ0) is 24.1. The van der Waals surface area contributed by atoms with Crippen LogP contribution in [0.15, 0.2) is 79.3 Å². The second-order valence-electron chi connectivity index (χ2n) is 7.37. The molecule has 174 valence electrons. The molecule has 0 aliphatic heterocycles. The number of ether oxygens (including phenoxy) is 1. The molecule has 1 amide bonds. The van der Waals surface area contributed by atoms with Crippen LogP contribution < -0.4 is 10.1 Å². The molecular formula is C24H18F4N4O2. The van der Waals surface area contributed by atoms with Crippen molar-refractivity contribution in [2.45, 2.75) is 19.3 Å². The van der Waals surface area contributed by atoms with Crippen molar-refractivity contribution in [2.75, 3.05) is 5.32 Å². The number of nitrogens with one attached hydrogen (secondary N) is 1. The molecule has 0 unspecified atom stereocenters. The van der Waals surface area contributed by atoms with Crippen molar-refractivity contribution in [3.63, 3.8) is 0 Å². The van der Waals surface area contributed by atoms with Gasteiger partial charge in [-0.15, -0.1) is 0 Å². The fourth-order valence-corrected chi connectivity index (χ4v) is 3.10. The second kappa shape index (κ2) is 9.74. The van der Waals surface area contributed by atoms with E-state index in [1.807, 2.05) is 0 Å². The van der Waals surface area contributed by atoms with Gasteiger partial charge in [0, 0.05) is 12.4 Å². The van der Waals surface area contributed by atoms with E-state index in [0.717, 1.165) is 17.7 Å². The van der Waals surface area contributed by atoms with Gasteiger partial charge in [0.25, 0.3) is 5.91 Å². The van der Waals surface area contributed by atoms with Crippen LogP contribution in [-0.2, 0) is 19.3 Å². The van der Waals surface area contributed by atoms with Gasteiger partial charge in [0.1, 0.15) is 23.9 Å². The first-order valence-corrected chi connectivity index (χ1v) is 10.1. The molecule has 1 N–H and O–H groups in total. The normalized spacial score (nSPS) is 11.3. The predicted octanol–water partition coefficient (Wildman–Crippen LogP) is 5.32. The van der Waals surface area contributed by atoms with Crippen molar-refractivity contribution in [1.29, 1.82) is 0 Å². The van der Waals surface area contributed by atoms with E-state index < -0.39 is 17.6 Å². The van der Waals surface area contributed by atoms with E-state index in [-0.39, 0.29) is 23.9 Å². The van der Waals surface area contributed by atoms with Gasteiger partial charge in [0.05, 0.1) is 24.0 Å². The highest BCUT2D eigenvalue weighted by atomic mass is 19.4. The third-order valence-electron chi connectivity index (χ3n) is 4.77. The highest BCUT2D eigenvalue weighted by Gasteiger charge is 2.30. The summed E-state index contributed by atoms with van der Waals surface area (Å²) >= 11 is 0. The van der Waals surface area contributed by atoms with Crippen LogP contribution in [0.25, 0.3) is 0 Å². The minimum absolute atomic E-state index is 0.0420. The fraction of sp³-hybridized carbons (Fsp3) is 0.125. The maximum Gasteiger partial charge on any atom is 0.416 e. The summed E-state index contributed by atoms with van der Waals surface area (Å²) in [7, 11) is 0. The molecule has 34 heavy (non-hydrogen) atoms. The highest BCUT2D eigenvalue weighted by molar-refractivity contribution is 6.02. The minimum atomic E-state index is -4.46. The van der Waals surface area contributed by atoms with Gasteiger partial charge in [0.2, 0.25) is 0 Å². The summed E-state index contributed by atoms with van der Waals surface area (Å²) in [5.41, 5.74) is 1.15.